The van der Waals surface area contributed by atoms with Crippen LogP contribution < -0.4 is 10.5 Å². The number of aliphatic imine (C=N–C) groups is 1. The first-order chi connectivity index (χ1) is 10.7. The number of guanidine groups is 1. The Labute approximate surface area is 140 Å². The van der Waals surface area contributed by atoms with E-state index in [1.165, 1.54) is 24.8 Å². The fourth-order valence-electron chi connectivity index (χ4n) is 1.20. The first kappa shape index (κ1) is 22.9. The monoisotopic (exact) mass is 337 g/mol. The molecule has 1 aromatic rings. The lowest BCUT2D eigenvalue weighted by Crippen LogP contribution is -2.36. The smallest absolute Gasteiger partial charge is 0.264 e. The van der Waals surface area contributed by atoms with Crippen molar-refractivity contribution < 1.29 is 8.42 Å². The average molecular weight is 337 g/mol. The van der Waals surface area contributed by atoms with Gasteiger partial charge in [-0.3, -0.25) is 4.99 Å². The molecule has 0 unspecified atom stereocenters. The molecule has 0 spiro atoms. The molecule has 0 fully saturated rings. The summed E-state index contributed by atoms with van der Waals surface area (Å²) in [6, 6.07) is 6.46. The zero-order chi connectivity index (χ0) is 18.5. The summed E-state index contributed by atoms with van der Waals surface area (Å²) in [5.41, 5.74) is 7.57. The van der Waals surface area contributed by atoms with Crippen LogP contribution in [0, 0.1) is 6.92 Å². The number of aryl methyl sites for hydroxylation is 1. The molecule has 0 amide bonds. The number of hydrogen-bond donors (Lipinski definition) is 2. The van der Waals surface area contributed by atoms with Crippen molar-refractivity contribution >= 4 is 16.0 Å². The van der Waals surface area contributed by atoms with E-state index in [1.807, 2.05) is 26.8 Å². The van der Waals surface area contributed by atoms with Crippen molar-refractivity contribution in [2.75, 3.05) is 7.05 Å². The third-order valence-corrected chi connectivity index (χ3v) is 3.63. The van der Waals surface area contributed by atoms with Crippen molar-refractivity contribution in [3.63, 3.8) is 0 Å². The highest BCUT2D eigenvalue weighted by Gasteiger charge is 2.13. The fourth-order valence-corrected chi connectivity index (χ4v) is 2.17. The van der Waals surface area contributed by atoms with Crippen LogP contribution in [-0.2, 0) is 10.0 Å². The molecule has 6 heteroatoms. The van der Waals surface area contributed by atoms with Crippen LogP contribution in [0.4, 0.5) is 0 Å². The average Bonchev–Trinajstić information content (AvgIpc) is 2.49. The van der Waals surface area contributed by atoms with Crippen molar-refractivity contribution in [1.29, 1.82) is 0 Å². The van der Waals surface area contributed by atoms with Gasteiger partial charge in [0, 0.05) is 7.05 Å². The summed E-state index contributed by atoms with van der Waals surface area (Å²) in [5.74, 6) is -0.129. The van der Waals surface area contributed by atoms with Crippen LogP contribution in [0.2, 0.25) is 0 Å². The maximum Gasteiger partial charge on any atom is 0.264 e. The highest BCUT2D eigenvalue weighted by molar-refractivity contribution is 7.90. The lowest BCUT2D eigenvalue weighted by molar-refractivity contribution is 0.592. The third-order valence-electron chi connectivity index (χ3n) is 2.26. The van der Waals surface area contributed by atoms with E-state index < -0.39 is 10.0 Å². The van der Waals surface area contributed by atoms with Gasteiger partial charge in [-0.1, -0.05) is 42.0 Å². The van der Waals surface area contributed by atoms with Crippen LogP contribution >= 0.6 is 0 Å². The molecule has 5 nitrogen and oxygen atoms in total. The van der Waals surface area contributed by atoms with E-state index in [2.05, 4.69) is 29.5 Å². The number of allylic oxidation sites excluding steroid dienone is 3. The number of nitrogens with zero attached hydrogens (tertiary/aromatic N) is 1. The predicted molar refractivity (Wildman–Crippen MR) is 99.9 cm³/mol. The Kier molecular flexibility index (Phi) is 12.2. The van der Waals surface area contributed by atoms with Crippen molar-refractivity contribution in [2.24, 2.45) is 10.7 Å². The number of nitrogens with two attached hydrogens (primary N) is 1. The van der Waals surface area contributed by atoms with Crippen LogP contribution in [0.5, 0.6) is 0 Å². The van der Waals surface area contributed by atoms with E-state index in [1.54, 1.807) is 18.2 Å². The summed E-state index contributed by atoms with van der Waals surface area (Å²) in [7, 11) is -2.18. The van der Waals surface area contributed by atoms with Crippen LogP contribution in [-0.4, -0.2) is 21.4 Å². The normalized spacial score (nSPS) is 10.2. The van der Waals surface area contributed by atoms with Gasteiger partial charge in [0.1, 0.15) is 0 Å². The highest BCUT2D eigenvalue weighted by atomic mass is 32.2. The quantitative estimate of drug-likeness (QED) is 0.384. The van der Waals surface area contributed by atoms with Gasteiger partial charge in [0.15, 0.2) is 0 Å². The minimum Gasteiger partial charge on any atom is -0.369 e. The lowest BCUT2D eigenvalue weighted by atomic mass is 10.2. The van der Waals surface area contributed by atoms with E-state index in [0.717, 1.165) is 5.56 Å². The van der Waals surface area contributed by atoms with E-state index in [-0.39, 0.29) is 10.9 Å². The van der Waals surface area contributed by atoms with E-state index in [0.29, 0.717) is 0 Å². The summed E-state index contributed by atoms with van der Waals surface area (Å²) in [6.07, 6.45) is 3.76. The Balaban J connectivity index is 0. The van der Waals surface area contributed by atoms with E-state index in [9.17, 15) is 8.42 Å². The zero-order valence-corrected chi connectivity index (χ0v) is 15.2. The number of hydrogen-bond acceptors (Lipinski definition) is 3. The van der Waals surface area contributed by atoms with Crippen molar-refractivity contribution in [3.05, 3.63) is 67.3 Å². The van der Waals surface area contributed by atoms with Crippen molar-refractivity contribution in [1.82, 2.24) is 4.72 Å². The maximum absolute atomic E-state index is 11.6. The SMILES string of the molecule is C=C.C=CC=C(C)C.CN=C(N)NS(=O)(=O)c1ccc(C)cc1. The van der Waals surface area contributed by atoms with Crippen LogP contribution in [0.15, 0.2) is 71.6 Å². The standard InChI is InChI=1S/C9H13N3O2S.C6H10.C2H4/c1-7-3-5-8(6-4-7)15(13,14)12-9(10)11-2;1-4-5-6(2)3;1-2/h3-6H,1-2H3,(H3,10,11,12);4-5H,1H2,2-3H3;1-2H2. The fraction of sp³-hybridized carbons (Fsp3) is 0.235. The van der Waals surface area contributed by atoms with Crippen molar-refractivity contribution in [2.45, 2.75) is 25.7 Å². The molecule has 1 aromatic carbocycles. The molecule has 1 rings (SSSR count). The Morgan fingerprint density at radius 3 is 2.00 bits per heavy atom. The first-order valence-corrected chi connectivity index (χ1v) is 8.29. The molecule has 0 aliphatic heterocycles. The molecule has 0 saturated heterocycles. The van der Waals surface area contributed by atoms with Gasteiger partial charge in [-0.05, 0) is 32.9 Å². The summed E-state index contributed by atoms with van der Waals surface area (Å²) < 4.78 is 25.4. The molecule has 0 aliphatic rings. The molecule has 0 aromatic heterocycles. The molecule has 0 bridgehead atoms. The van der Waals surface area contributed by atoms with Crippen LogP contribution in [0.1, 0.15) is 19.4 Å². The molecule has 0 radical (unpaired) electrons. The number of nitrogens with one attached hydrogen (secondary N) is 1. The first-order valence-electron chi connectivity index (χ1n) is 6.80. The Morgan fingerprint density at radius 1 is 1.22 bits per heavy atom. The molecular formula is C17H27N3O2S. The summed E-state index contributed by atoms with van der Waals surface area (Å²) in [5, 5.41) is 0. The van der Waals surface area contributed by atoms with E-state index >= 15 is 0 Å². The maximum atomic E-state index is 11.6. The van der Waals surface area contributed by atoms with Gasteiger partial charge in [-0.15, -0.1) is 13.2 Å². The second kappa shape index (κ2) is 12.2. The van der Waals surface area contributed by atoms with Gasteiger partial charge in [-0.2, -0.15) is 0 Å². The molecule has 3 N–H and O–H groups in total. The second-order valence-corrected chi connectivity index (χ2v) is 6.19. The van der Waals surface area contributed by atoms with Crippen LogP contribution in [0.25, 0.3) is 0 Å². The minimum atomic E-state index is -3.59. The highest BCUT2D eigenvalue weighted by Crippen LogP contribution is 2.09. The van der Waals surface area contributed by atoms with E-state index in [4.69, 9.17) is 5.73 Å². The summed E-state index contributed by atoms with van der Waals surface area (Å²) in [4.78, 5) is 3.69. The van der Waals surface area contributed by atoms with Crippen LogP contribution in [0.3, 0.4) is 0 Å². The summed E-state index contributed by atoms with van der Waals surface area (Å²) in [6.45, 7) is 15.5. The third kappa shape index (κ3) is 11.0. The van der Waals surface area contributed by atoms with Gasteiger partial charge in [0.05, 0.1) is 4.90 Å². The largest absolute Gasteiger partial charge is 0.369 e. The van der Waals surface area contributed by atoms with Gasteiger partial charge in [0.2, 0.25) is 5.96 Å². The van der Waals surface area contributed by atoms with Gasteiger partial charge < -0.3 is 5.73 Å². The number of benzene rings is 1. The van der Waals surface area contributed by atoms with Gasteiger partial charge >= 0.3 is 0 Å². The Bertz CT molecular complexity index is 626. The number of sulfonamides is 1. The topological polar surface area (TPSA) is 84.5 Å². The molecular weight excluding hydrogens is 310 g/mol. The number of rotatable bonds is 3. The molecule has 0 aliphatic carbocycles. The summed E-state index contributed by atoms with van der Waals surface area (Å²) >= 11 is 0. The second-order valence-electron chi connectivity index (χ2n) is 4.51. The molecule has 0 heterocycles. The van der Waals surface area contributed by atoms with Crippen molar-refractivity contribution in [3.8, 4) is 0 Å². The zero-order valence-electron chi connectivity index (χ0n) is 14.3. The van der Waals surface area contributed by atoms with Gasteiger partial charge in [-0.25, -0.2) is 13.1 Å². The van der Waals surface area contributed by atoms with Gasteiger partial charge in [0.25, 0.3) is 10.0 Å². The Hall–Kier alpha value is -2.34. The molecule has 0 atom stereocenters. The molecule has 128 valence electrons. The molecule has 0 saturated carbocycles. The predicted octanol–water partition coefficient (Wildman–Crippen LogP) is 3.16. The molecule has 23 heavy (non-hydrogen) atoms. The minimum absolute atomic E-state index is 0.129. The Morgan fingerprint density at radius 2 is 1.70 bits per heavy atom. The lowest BCUT2D eigenvalue weighted by Gasteiger charge is -2.06.